The minimum Gasteiger partial charge on any atom is -0.368 e. The van der Waals surface area contributed by atoms with E-state index in [9.17, 15) is 14.4 Å². The number of rotatable bonds is 4. The number of ketones is 1. The van der Waals surface area contributed by atoms with Crippen molar-refractivity contribution < 1.29 is 14.4 Å². The van der Waals surface area contributed by atoms with Gasteiger partial charge in [-0.15, -0.1) is 0 Å². The zero-order valence-corrected chi connectivity index (χ0v) is 15.4. The van der Waals surface area contributed by atoms with E-state index in [1.54, 1.807) is 11.8 Å². The van der Waals surface area contributed by atoms with Crippen LogP contribution in [0.1, 0.15) is 43.0 Å². The maximum atomic E-state index is 12.6. The fourth-order valence-electron chi connectivity index (χ4n) is 3.59. The molecule has 140 valence electrons. The highest BCUT2D eigenvalue weighted by Crippen LogP contribution is 2.18. The summed E-state index contributed by atoms with van der Waals surface area (Å²) in [6.45, 7) is 5.33. The van der Waals surface area contributed by atoms with Gasteiger partial charge in [0.25, 0.3) is 0 Å². The maximum absolute atomic E-state index is 12.6. The minimum absolute atomic E-state index is 0.0480. The van der Waals surface area contributed by atoms with Gasteiger partial charge in [0.1, 0.15) is 0 Å². The monoisotopic (exact) mass is 357 g/mol. The Balaban J connectivity index is 1.51. The van der Waals surface area contributed by atoms with Crippen molar-refractivity contribution in [2.45, 2.75) is 32.6 Å². The van der Waals surface area contributed by atoms with Crippen LogP contribution in [0, 0.1) is 0 Å². The van der Waals surface area contributed by atoms with Crippen LogP contribution in [0.15, 0.2) is 24.3 Å². The van der Waals surface area contributed by atoms with Crippen LogP contribution in [0.2, 0.25) is 0 Å². The van der Waals surface area contributed by atoms with Gasteiger partial charge in [0.2, 0.25) is 11.8 Å². The van der Waals surface area contributed by atoms with Crippen LogP contribution >= 0.6 is 0 Å². The van der Waals surface area contributed by atoms with E-state index in [1.165, 1.54) is 0 Å². The first-order valence-electron chi connectivity index (χ1n) is 9.46. The molecule has 2 fully saturated rings. The van der Waals surface area contributed by atoms with Gasteiger partial charge in [-0.2, -0.15) is 0 Å². The Morgan fingerprint density at radius 3 is 2.27 bits per heavy atom. The zero-order valence-electron chi connectivity index (χ0n) is 15.4. The lowest BCUT2D eigenvalue weighted by Gasteiger charge is -2.37. The second kappa shape index (κ2) is 8.34. The lowest BCUT2D eigenvalue weighted by Crippen LogP contribution is -2.51. The summed E-state index contributed by atoms with van der Waals surface area (Å²) < 4.78 is 0. The summed E-state index contributed by atoms with van der Waals surface area (Å²) in [5.74, 6) is 0.224. The number of hydrogen-bond acceptors (Lipinski definition) is 4. The Labute approximate surface area is 154 Å². The molecule has 2 aliphatic rings. The second-order valence-corrected chi connectivity index (χ2v) is 7.10. The number of carbonyl (C=O) groups excluding carboxylic acids is 3. The van der Waals surface area contributed by atoms with Crippen molar-refractivity contribution in [3.63, 3.8) is 0 Å². The third-order valence-electron chi connectivity index (χ3n) is 5.27. The van der Waals surface area contributed by atoms with Crippen molar-refractivity contribution in [2.24, 2.45) is 0 Å². The molecular formula is C20H27N3O3. The van der Waals surface area contributed by atoms with Gasteiger partial charge in [0.05, 0.1) is 6.54 Å². The predicted octanol–water partition coefficient (Wildman–Crippen LogP) is 1.94. The Hall–Kier alpha value is -2.37. The molecule has 2 aliphatic heterocycles. The standard InChI is InChI=1S/C20H27N3O3/c1-16(24)17-6-8-18(9-7-17)21-11-13-22(14-12-21)20(26)15-23-10-4-2-3-5-19(23)25/h6-9H,2-5,10-15H2,1H3. The van der Waals surface area contributed by atoms with Crippen molar-refractivity contribution in [3.05, 3.63) is 29.8 Å². The van der Waals surface area contributed by atoms with E-state index in [4.69, 9.17) is 0 Å². The molecule has 6 nitrogen and oxygen atoms in total. The molecule has 0 bridgehead atoms. The van der Waals surface area contributed by atoms with Crippen LogP contribution in [-0.2, 0) is 9.59 Å². The molecule has 0 atom stereocenters. The molecular weight excluding hydrogens is 330 g/mol. The average molecular weight is 357 g/mol. The van der Waals surface area contributed by atoms with E-state index in [1.807, 2.05) is 29.2 Å². The highest BCUT2D eigenvalue weighted by atomic mass is 16.2. The van der Waals surface area contributed by atoms with Crippen molar-refractivity contribution in [2.75, 3.05) is 44.2 Å². The van der Waals surface area contributed by atoms with Crippen LogP contribution in [0.5, 0.6) is 0 Å². The topological polar surface area (TPSA) is 60.9 Å². The highest BCUT2D eigenvalue weighted by Gasteiger charge is 2.25. The zero-order chi connectivity index (χ0) is 18.5. The summed E-state index contributed by atoms with van der Waals surface area (Å²) in [7, 11) is 0. The van der Waals surface area contributed by atoms with E-state index in [0.29, 0.717) is 31.6 Å². The first kappa shape index (κ1) is 18.4. The number of likely N-dealkylation sites (tertiary alicyclic amines) is 1. The Kier molecular flexibility index (Phi) is 5.91. The summed E-state index contributed by atoms with van der Waals surface area (Å²) in [6, 6.07) is 7.62. The number of hydrogen-bond donors (Lipinski definition) is 0. The van der Waals surface area contributed by atoms with E-state index < -0.39 is 0 Å². The molecule has 1 aromatic rings. The Bertz CT molecular complexity index is 663. The van der Waals surface area contributed by atoms with Gasteiger partial charge in [0, 0.05) is 50.4 Å². The Morgan fingerprint density at radius 2 is 1.62 bits per heavy atom. The highest BCUT2D eigenvalue weighted by molar-refractivity contribution is 5.94. The third-order valence-corrected chi connectivity index (χ3v) is 5.27. The first-order valence-corrected chi connectivity index (χ1v) is 9.46. The normalized spacial score (nSPS) is 18.7. The van der Waals surface area contributed by atoms with E-state index >= 15 is 0 Å². The summed E-state index contributed by atoms with van der Waals surface area (Å²) >= 11 is 0. The van der Waals surface area contributed by atoms with Crippen LogP contribution in [0.3, 0.4) is 0 Å². The smallest absolute Gasteiger partial charge is 0.242 e. The first-order chi connectivity index (χ1) is 12.5. The molecule has 0 spiro atoms. The van der Waals surface area contributed by atoms with Gasteiger partial charge < -0.3 is 14.7 Å². The molecule has 2 heterocycles. The summed E-state index contributed by atoms with van der Waals surface area (Å²) in [6.07, 6.45) is 3.56. The largest absolute Gasteiger partial charge is 0.368 e. The molecule has 2 amide bonds. The minimum atomic E-state index is 0.0480. The van der Waals surface area contributed by atoms with Gasteiger partial charge in [-0.3, -0.25) is 14.4 Å². The number of nitrogens with zero attached hydrogens (tertiary/aromatic N) is 3. The van der Waals surface area contributed by atoms with Gasteiger partial charge >= 0.3 is 0 Å². The molecule has 0 N–H and O–H groups in total. The quantitative estimate of drug-likeness (QED) is 0.773. The molecule has 2 saturated heterocycles. The van der Waals surface area contributed by atoms with Crippen molar-refractivity contribution in [1.82, 2.24) is 9.80 Å². The van der Waals surface area contributed by atoms with Crippen molar-refractivity contribution >= 4 is 23.3 Å². The van der Waals surface area contributed by atoms with Crippen molar-refractivity contribution in [3.8, 4) is 0 Å². The van der Waals surface area contributed by atoms with Gasteiger partial charge in [-0.05, 0) is 44.0 Å². The van der Waals surface area contributed by atoms with E-state index in [0.717, 1.165) is 38.0 Å². The van der Waals surface area contributed by atoms with Crippen LogP contribution in [-0.4, -0.2) is 66.7 Å². The molecule has 0 unspecified atom stereocenters. The van der Waals surface area contributed by atoms with Crippen LogP contribution in [0.4, 0.5) is 5.69 Å². The van der Waals surface area contributed by atoms with Crippen LogP contribution < -0.4 is 4.90 Å². The number of Topliss-reactive ketones (excluding diaryl/α,β-unsaturated/α-hetero) is 1. The molecule has 26 heavy (non-hydrogen) atoms. The SMILES string of the molecule is CC(=O)c1ccc(N2CCN(C(=O)CN3CCCCCC3=O)CC2)cc1. The molecule has 0 radical (unpaired) electrons. The van der Waals surface area contributed by atoms with Crippen LogP contribution in [0.25, 0.3) is 0 Å². The third kappa shape index (κ3) is 4.42. The Morgan fingerprint density at radius 1 is 0.923 bits per heavy atom. The molecule has 1 aromatic carbocycles. The molecule has 0 saturated carbocycles. The lowest BCUT2D eigenvalue weighted by atomic mass is 10.1. The molecule has 3 rings (SSSR count). The summed E-state index contributed by atoms with van der Waals surface area (Å²) in [5, 5.41) is 0. The van der Waals surface area contributed by atoms with Crippen molar-refractivity contribution in [1.29, 1.82) is 0 Å². The van der Waals surface area contributed by atoms with Gasteiger partial charge in [-0.25, -0.2) is 0 Å². The predicted molar refractivity (Wildman–Crippen MR) is 100 cm³/mol. The number of amides is 2. The molecule has 0 aromatic heterocycles. The number of carbonyl (C=O) groups is 3. The number of anilines is 1. The second-order valence-electron chi connectivity index (χ2n) is 7.10. The summed E-state index contributed by atoms with van der Waals surface area (Å²) in [5.41, 5.74) is 1.79. The molecule has 6 heteroatoms. The average Bonchev–Trinajstić information content (AvgIpc) is 2.86. The fourth-order valence-corrected chi connectivity index (χ4v) is 3.59. The van der Waals surface area contributed by atoms with E-state index in [-0.39, 0.29) is 24.1 Å². The lowest BCUT2D eigenvalue weighted by molar-refractivity contribution is -0.140. The van der Waals surface area contributed by atoms with Gasteiger partial charge in [-0.1, -0.05) is 6.42 Å². The number of piperazine rings is 1. The summed E-state index contributed by atoms with van der Waals surface area (Å²) in [4.78, 5) is 41.8. The maximum Gasteiger partial charge on any atom is 0.242 e. The number of benzene rings is 1. The fraction of sp³-hybridized carbons (Fsp3) is 0.550. The van der Waals surface area contributed by atoms with Gasteiger partial charge in [0.15, 0.2) is 5.78 Å². The van der Waals surface area contributed by atoms with E-state index in [2.05, 4.69) is 4.90 Å². The molecule has 0 aliphatic carbocycles.